The molecule has 0 aliphatic carbocycles. The van der Waals surface area contributed by atoms with Gasteiger partial charge < -0.3 is 21.3 Å². The Morgan fingerprint density at radius 1 is 0.333 bits per heavy atom. The van der Waals surface area contributed by atoms with Crippen LogP contribution >= 0.6 is 0 Å². The largest absolute Gasteiger partial charge is 0.317 e. The fraction of sp³-hybridized carbons (Fsp3) is 0.314. The van der Waals surface area contributed by atoms with Crippen molar-refractivity contribution in [1.29, 1.82) is 42.1 Å². The van der Waals surface area contributed by atoms with Crippen LogP contribution in [0.3, 0.4) is 0 Å². The van der Waals surface area contributed by atoms with E-state index in [0.717, 1.165) is 52.4 Å². The molecule has 0 aromatic heterocycles. The van der Waals surface area contributed by atoms with E-state index in [9.17, 15) is 0 Å². The van der Waals surface area contributed by atoms with Crippen molar-refractivity contribution < 1.29 is 17.1 Å². The minimum atomic E-state index is 0. The second-order valence-corrected chi connectivity index (χ2v) is 9.61. The minimum absolute atomic E-state index is 0. The van der Waals surface area contributed by atoms with Gasteiger partial charge in [0, 0.05) is 51.0 Å². The Labute approximate surface area is 291 Å². The third-order valence-electron chi connectivity index (χ3n) is 6.42. The summed E-state index contributed by atoms with van der Waals surface area (Å²) in [5.41, 5.74) is 0.00746. The molecule has 0 bridgehead atoms. The third-order valence-corrected chi connectivity index (χ3v) is 6.42. The normalized spacial score (nSPS) is 12.7. The Morgan fingerprint density at radius 3 is 0.667 bits per heavy atom. The van der Waals surface area contributed by atoms with Crippen molar-refractivity contribution in [3.05, 3.63) is 69.4 Å². The Morgan fingerprint density at radius 2 is 0.500 bits per heavy atom. The third kappa shape index (κ3) is 16.5. The number of benzene rings is 2. The standard InChI is InChI=1S/2C12H4N4.C11H26N4.Cu/c2*13-5-11(6-14)9-1-2-10(4-3-9)12(7-15)8-16;1-4-12-6-2-8-14-10-11-15-9-3-7-13-5-1;/h2*1-4H;12-15H,1-11H2;. The predicted molar refractivity (Wildman–Crippen MR) is 175 cm³/mol. The molecule has 2 aromatic carbocycles. The number of nitrogens with zero attached hydrogens (tertiary/aromatic N) is 8. The van der Waals surface area contributed by atoms with Crippen LogP contribution in [0.4, 0.5) is 0 Å². The van der Waals surface area contributed by atoms with E-state index in [1.165, 1.54) is 67.8 Å². The number of hydrogen-bond acceptors (Lipinski definition) is 12. The van der Waals surface area contributed by atoms with E-state index in [-0.39, 0.29) is 39.4 Å². The van der Waals surface area contributed by atoms with Gasteiger partial charge in [-0.25, -0.2) is 0 Å². The van der Waals surface area contributed by atoms with Crippen LogP contribution in [0.1, 0.15) is 19.3 Å². The van der Waals surface area contributed by atoms with E-state index in [4.69, 9.17) is 42.1 Å². The summed E-state index contributed by atoms with van der Waals surface area (Å²) in [5.74, 6) is 0. The molecule has 3 rings (SSSR count). The molecule has 2 aromatic rings. The fourth-order valence-corrected chi connectivity index (χ4v) is 3.92. The molecule has 1 aliphatic rings. The van der Waals surface area contributed by atoms with Crippen LogP contribution in [-0.2, 0) is 17.1 Å². The number of rotatable bonds is 0. The zero-order valence-corrected chi connectivity index (χ0v) is 27.2. The molecular weight excluding hydrogens is 652 g/mol. The van der Waals surface area contributed by atoms with Gasteiger partial charge in [0.05, 0.1) is 0 Å². The van der Waals surface area contributed by atoms with Gasteiger partial charge in [-0.15, -0.1) is 0 Å². The molecule has 0 saturated carbocycles. The van der Waals surface area contributed by atoms with Gasteiger partial charge in [-0.3, -0.25) is 0 Å². The molecule has 0 amide bonds. The van der Waals surface area contributed by atoms with Crippen LogP contribution in [-0.4, -0.2) is 52.4 Å². The molecule has 13 heteroatoms. The van der Waals surface area contributed by atoms with Gasteiger partial charge in [-0.1, -0.05) is 48.5 Å². The molecule has 1 radical (unpaired) electrons. The van der Waals surface area contributed by atoms with Crippen molar-refractivity contribution in [2.45, 2.75) is 19.3 Å². The molecule has 1 heterocycles. The zero-order chi connectivity index (χ0) is 34.5. The van der Waals surface area contributed by atoms with Crippen LogP contribution in [0.2, 0.25) is 0 Å². The van der Waals surface area contributed by atoms with Gasteiger partial charge in [0.15, 0.2) is 0 Å². The van der Waals surface area contributed by atoms with Gasteiger partial charge in [0.25, 0.3) is 0 Å². The summed E-state index contributed by atoms with van der Waals surface area (Å²) in [6, 6.07) is 26.4. The second kappa shape index (κ2) is 27.5. The molecule has 0 spiro atoms. The molecule has 245 valence electrons. The molecule has 4 N–H and O–H groups in total. The van der Waals surface area contributed by atoms with E-state index in [1.807, 2.05) is 0 Å². The Kier molecular flexibility index (Phi) is 24.2. The van der Waals surface area contributed by atoms with Crippen LogP contribution in [0.5, 0.6) is 0 Å². The smallest absolute Gasteiger partial charge is 0.136 e. The van der Waals surface area contributed by atoms with Crippen molar-refractivity contribution >= 4 is 22.3 Å². The minimum Gasteiger partial charge on any atom is -0.317 e. The number of nitrogens with one attached hydrogen (secondary N) is 4. The van der Waals surface area contributed by atoms with Crippen molar-refractivity contribution in [2.24, 2.45) is 0 Å². The Bertz CT molecular complexity index is 1510. The molecule has 0 atom stereocenters. The van der Waals surface area contributed by atoms with Crippen LogP contribution < -0.4 is 42.1 Å². The number of hydrogen-bond donors (Lipinski definition) is 4. The van der Waals surface area contributed by atoms with Crippen molar-refractivity contribution in [1.82, 2.24) is 21.3 Å². The Hall–Kier alpha value is -5.80. The van der Waals surface area contributed by atoms with Gasteiger partial charge in [-0.2, -0.15) is 42.1 Å². The molecule has 1 fully saturated rings. The van der Waals surface area contributed by atoms with Crippen molar-refractivity contribution in [2.75, 3.05) is 52.4 Å². The van der Waals surface area contributed by atoms with Crippen LogP contribution in [0, 0.1) is 90.6 Å². The van der Waals surface area contributed by atoms with E-state index in [0.29, 0.717) is 20.9 Å². The summed E-state index contributed by atoms with van der Waals surface area (Å²) in [6.45, 7) is 9.01. The number of nitriles is 8. The van der Waals surface area contributed by atoms with E-state index in [2.05, 4.69) is 21.3 Å². The maximum atomic E-state index is 8.63. The molecule has 48 heavy (non-hydrogen) atoms. The zero-order valence-electron chi connectivity index (χ0n) is 26.3. The quantitative estimate of drug-likeness (QED) is 0.261. The molecule has 1 saturated heterocycles. The van der Waals surface area contributed by atoms with E-state index in [1.54, 1.807) is 48.6 Å². The van der Waals surface area contributed by atoms with E-state index >= 15 is 0 Å². The maximum absolute atomic E-state index is 8.63. The fourth-order valence-electron chi connectivity index (χ4n) is 3.92. The molecule has 1 aliphatic heterocycles. The molecular formula is C35H34CuN12. The van der Waals surface area contributed by atoms with Crippen molar-refractivity contribution in [3.63, 3.8) is 0 Å². The first-order valence-electron chi connectivity index (χ1n) is 14.8. The van der Waals surface area contributed by atoms with Crippen molar-refractivity contribution in [3.8, 4) is 48.6 Å². The van der Waals surface area contributed by atoms with Gasteiger partial charge >= 0.3 is 0 Å². The summed E-state index contributed by atoms with van der Waals surface area (Å²) < 4.78 is 0. The topological polar surface area (TPSA) is 238 Å². The first-order chi connectivity index (χ1) is 23.0. The predicted octanol–water partition coefficient (Wildman–Crippen LogP) is -0.309. The summed E-state index contributed by atoms with van der Waals surface area (Å²) in [5, 5.41) is 84.7. The SMILES string of the molecule is C1CNCCCNCCNCCCNC1.N#CC(C#N)=c1ccc(=C(C#N)C#N)cc1.N#CC(C#N)=c1ccc(=C(C#N)C#N)cc1.[Cu]. The Balaban J connectivity index is 0.000000684. The van der Waals surface area contributed by atoms with Crippen LogP contribution in [0.15, 0.2) is 48.5 Å². The first-order valence-corrected chi connectivity index (χ1v) is 14.8. The van der Waals surface area contributed by atoms with Gasteiger partial charge in [-0.05, 0) is 58.5 Å². The summed E-state index contributed by atoms with van der Waals surface area (Å²) >= 11 is 0. The van der Waals surface area contributed by atoms with Gasteiger partial charge in [0.1, 0.15) is 70.8 Å². The average Bonchev–Trinajstić information content (AvgIpc) is 3.12. The summed E-state index contributed by atoms with van der Waals surface area (Å²) in [6.07, 6.45) is 3.70. The van der Waals surface area contributed by atoms with E-state index < -0.39 is 0 Å². The average molecular weight is 686 g/mol. The molecule has 12 nitrogen and oxygen atoms in total. The maximum Gasteiger partial charge on any atom is 0.136 e. The molecule has 0 unspecified atom stereocenters. The van der Waals surface area contributed by atoms with Gasteiger partial charge in [0.2, 0.25) is 0 Å². The van der Waals surface area contributed by atoms with Crippen LogP contribution in [0.25, 0.3) is 22.3 Å². The first kappa shape index (κ1) is 42.2. The summed E-state index contributed by atoms with van der Waals surface area (Å²) in [4.78, 5) is 0. The second-order valence-electron chi connectivity index (χ2n) is 9.61. The summed E-state index contributed by atoms with van der Waals surface area (Å²) in [7, 11) is 0. The monoisotopic (exact) mass is 685 g/mol.